The number of hydrogen-bond donors (Lipinski definition) is 0. The van der Waals surface area contributed by atoms with E-state index < -0.39 is 0 Å². The summed E-state index contributed by atoms with van der Waals surface area (Å²) in [5.41, 5.74) is 5.07. The molecule has 2 aromatic rings. The van der Waals surface area contributed by atoms with Crippen molar-refractivity contribution < 1.29 is 19.0 Å². The molecular weight excluding hydrogens is 452 g/mol. The smallest absolute Gasteiger partial charge is 0.254 e. The van der Waals surface area contributed by atoms with E-state index in [1.165, 1.54) is 36.8 Å². The van der Waals surface area contributed by atoms with E-state index in [9.17, 15) is 4.79 Å². The average molecular weight is 493 g/mol. The summed E-state index contributed by atoms with van der Waals surface area (Å²) in [6, 6.07) is 8.71. The number of carbonyl (C=O) groups excluding carboxylic acids is 1. The summed E-state index contributed by atoms with van der Waals surface area (Å²) in [5, 5.41) is 0. The number of fused-ring (bicyclic) bond motifs is 2. The SMILES string of the molecule is COc1ccc(CN2CCc3cc4c(c(C)c3C2=O)OC(C)(C2CCC(N(C)C)CC2)C4)c(OC)c1. The van der Waals surface area contributed by atoms with E-state index in [1.807, 2.05) is 23.1 Å². The lowest BCUT2D eigenvalue weighted by atomic mass is 9.74. The first-order valence-electron chi connectivity index (χ1n) is 13.2. The third-order valence-electron chi connectivity index (χ3n) is 8.85. The fourth-order valence-corrected chi connectivity index (χ4v) is 6.64. The molecule has 2 aliphatic heterocycles. The molecule has 1 atom stereocenters. The highest BCUT2D eigenvalue weighted by atomic mass is 16.5. The highest BCUT2D eigenvalue weighted by Crippen LogP contribution is 2.47. The van der Waals surface area contributed by atoms with Crippen molar-refractivity contribution >= 4 is 5.91 Å². The van der Waals surface area contributed by atoms with Gasteiger partial charge < -0.3 is 24.0 Å². The Balaban J connectivity index is 1.36. The van der Waals surface area contributed by atoms with Gasteiger partial charge in [0, 0.05) is 48.3 Å². The maximum Gasteiger partial charge on any atom is 0.254 e. The second-order valence-electron chi connectivity index (χ2n) is 11.2. The maximum atomic E-state index is 13.7. The summed E-state index contributed by atoms with van der Waals surface area (Å²) >= 11 is 0. The molecule has 6 heteroatoms. The number of benzene rings is 2. The van der Waals surface area contributed by atoms with Gasteiger partial charge in [-0.15, -0.1) is 0 Å². The van der Waals surface area contributed by atoms with Gasteiger partial charge in [-0.2, -0.15) is 0 Å². The first-order valence-corrected chi connectivity index (χ1v) is 13.2. The largest absolute Gasteiger partial charge is 0.497 e. The van der Waals surface area contributed by atoms with Crippen LogP contribution in [0.1, 0.15) is 65.2 Å². The monoisotopic (exact) mass is 492 g/mol. The van der Waals surface area contributed by atoms with Gasteiger partial charge in [0.2, 0.25) is 0 Å². The van der Waals surface area contributed by atoms with Gasteiger partial charge in [0.15, 0.2) is 0 Å². The minimum atomic E-state index is -0.187. The van der Waals surface area contributed by atoms with Crippen LogP contribution in [0.15, 0.2) is 24.3 Å². The predicted molar refractivity (Wildman–Crippen MR) is 141 cm³/mol. The van der Waals surface area contributed by atoms with Crippen molar-refractivity contribution in [3.8, 4) is 17.2 Å². The zero-order valence-electron chi connectivity index (χ0n) is 22.6. The van der Waals surface area contributed by atoms with Crippen molar-refractivity contribution in [1.29, 1.82) is 0 Å². The van der Waals surface area contributed by atoms with E-state index in [1.54, 1.807) is 14.2 Å². The molecular formula is C30H40N2O4. The first kappa shape index (κ1) is 24.9. The Morgan fingerprint density at radius 2 is 1.83 bits per heavy atom. The Kier molecular flexibility index (Phi) is 6.67. The topological polar surface area (TPSA) is 51.2 Å². The molecule has 0 aromatic heterocycles. The molecule has 6 nitrogen and oxygen atoms in total. The summed E-state index contributed by atoms with van der Waals surface area (Å²) in [7, 11) is 7.67. The number of hydrogen-bond acceptors (Lipinski definition) is 5. The fourth-order valence-electron chi connectivity index (χ4n) is 6.64. The minimum absolute atomic E-state index is 0.0816. The van der Waals surface area contributed by atoms with Gasteiger partial charge in [-0.1, -0.05) is 6.07 Å². The molecule has 2 aromatic carbocycles. The van der Waals surface area contributed by atoms with Crippen molar-refractivity contribution in [3.63, 3.8) is 0 Å². The molecule has 1 aliphatic carbocycles. The number of amides is 1. The van der Waals surface area contributed by atoms with E-state index in [0.29, 0.717) is 25.0 Å². The fraction of sp³-hybridized carbons (Fsp3) is 0.567. The molecule has 1 amide bonds. The van der Waals surface area contributed by atoms with E-state index in [4.69, 9.17) is 14.2 Å². The standard InChI is InChI=1S/C30H40N2O4/c1-19-27-20(13-14-32(29(27)33)18-21-7-12-25(34-5)16-26(21)35-6)15-22-17-30(2,36-28(19)22)23-8-10-24(11-9-23)31(3)4/h7,12,15-16,23-24H,8-11,13-14,17-18H2,1-6H3. The van der Waals surface area contributed by atoms with E-state index in [2.05, 4.69) is 38.9 Å². The Morgan fingerprint density at radius 3 is 2.50 bits per heavy atom. The number of methoxy groups -OCH3 is 2. The summed E-state index contributed by atoms with van der Waals surface area (Å²) in [6.45, 7) is 5.57. The molecule has 1 fully saturated rings. The highest BCUT2D eigenvalue weighted by molar-refractivity contribution is 5.99. The molecule has 0 radical (unpaired) electrons. The number of ether oxygens (including phenoxy) is 3. The molecule has 194 valence electrons. The third kappa shape index (κ3) is 4.34. The molecule has 2 heterocycles. The summed E-state index contributed by atoms with van der Waals surface area (Å²) in [6.07, 6.45) is 6.65. The van der Waals surface area contributed by atoms with Crippen LogP contribution >= 0.6 is 0 Å². The molecule has 36 heavy (non-hydrogen) atoms. The lowest BCUT2D eigenvalue weighted by molar-refractivity contribution is 0.0158. The van der Waals surface area contributed by atoms with Gasteiger partial charge in [0.1, 0.15) is 22.8 Å². The molecule has 0 bridgehead atoms. The Bertz CT molecular complexity index is 1150. The van der Waals surface area contributed by atoms with Crippen LogP contribution in [0.3, 0.4) is 0 Å². The molecule has 5 rings (SSSR count). The zero-order valence-corrected chi connectivity index (χ0v) is 22.6. The van der Waals surface area contributed by atoms with E-state index >= 15 is 0 Å². The van der Waals surface area contributed by atoms with Gasteiger partial charge in [0.25, 0.3) is 5.91 Å². The molecule has 3 aliphatic rings. The molecule has 0 N–H and O–H groups in total. The van der Waals surface area contributed by atoms with Crippen LogP contribution in [-0.2, 0) is 19.4 Å². The number of carbonyl (C=O) groups is 1. The first-order chi connectivity index (χ1) is 17.2. The van der Waals surface area contributed by atoms with Gasteiger partial charge in [-0.3, -0.25) is 4.79 Å². The molecule has 1 unspecified atom stereocenters. The van der Waals surface area contributed by atoms with E-state index in [-0.39, 0.29) is 11.5 Å². The van der Waals surface area contributed by atoms with Crippen molar-refractivity contribution in [1.82, 2.24) is 9.80 Å². The summed E-state index contributed by atoms with van der Waals surface area (Å²) in [4.78, 5) is 18.0. The van der Waals surface area contributed by atoms with Crippen LogP contribution in [0.25, 0.3) is 0 Å². The van der Waals surface area contributed by atoms with Crippen molar-refractivity contribution in [2.24, 2.45) is 5.92 Å². The second-order valence-corrected chi connectivity index (χ2v) is 11.2. The van der Waals surface area contributed by atoms with Gasteiger partial charge in [0.05, 0.1) is 14.2 Å². The lowest BCUT2D eigenvalue weighted by Gasteiger charge is -2.40. The minimum Gasteiger partial charge on any atom is -0.497 e. The maximum absolute atomic E-state index is 13.7. The van der Waals surface area contributed by atoms with Crippen molar-refractivity contribution in [2.45, 2.75) is 70.6 Å². The lowest BCUT2D eigenvalue weighted by Crippen LogP contribution is -2.44. The van der Waals surface area contributed by atoms with Crippen LogP contribution < -0.4 is 14.2 Å². The Morgan fingerprint density at radius 1 is 1.08 bits per heavy atom. The molecule has 0 spiro atoms. The van der Waals surface area contributed by atoms with Crippen LogP contribution in [0.4, 0.5) is 0 Å². The molecule has 1 saturated carbocycles. The van der Waals surface area contributed by atoms with Gasteiger partial charge in [-0.25, -0.2) is 0 Å². The average Bonchev–Trinajstić information content (AvgIpc) is 3.23. The zero-order chi connectivity index (χ0) is 25.6. The third-order valence-corrected chi connectivity index (χ3v) is 8.85. The quantitative estimate of drug-likeness (QED) is 0.567. The van der Waals surface area contributed by atoms with E-state index in [0.717, 1.165) is 46.8 Å². The predicted octanol–water partition coefficient (Wildman–Crippen LogP) is 5.02. The van der Waals surface area contributed by atoms with Crippen LogP contribution in [0.2, 0.25) is 0 Å². The Hall–Kier alpha value is -2.73. The highest BCUT2D eigenvalue weighted by Gasteiger charge is 2.45. The summed E-state index contributed by atoms with van der Waals surface area (Å²) in [5.74, 6) is 3.06. The summed E-state index contributed by atoms with van der Waals surface area (Å²) < 4.78 is 17.7. The van der Waals surface area contributed by atoms with Gasteiger partial charge >= 0.3 is 0 Å². The van der Waals surface area contributed by atoms with Gasteiger partial charge in [-0.05, 0) is 89.2 Å². The number of rotatable bonds is 6. The van der Waals surface area contributed by atoms with Crippen LogP contribution in [-0.4, -0.2) is 62.2 Å². The van der Waals surface area contributed by atoms with Crippen LogP contribution in [0.5, 0.6) is 17.2 Å². The van der Waals surface area contributed by atoms with Crippen molar-refractivity contribution in [2.75, 3.05) is 34.9 Å². The number of nitrogens with zero attached hydrogens (tertiary/aromatic N) is 2. The second kappa shape index (κ2) is 9.62. The van der Waals surface area contributed by atoms with Crippen LogP contribution in [0, 0.1) is 12.8 Å². The normalized spacial score (nSPS) is 25.4. The molecule has 0 saturated heterocycles. The Labute approximate surface area is 215 Å². The van der Waals surface area contributed by atoms with Crippen molar-refractivity contribution in [3.05, 3.63) is 52.1 Å².